The lowest BCUT2D eigenvalue weighted by Gasteiger charge is -2.04. The number of thiazole rings is 1. The van der Waals surface area contributed by atoms with Crippen LogP contribution in [0.5, 0.6) is 0 Å². The molecule has 0 atom stereocenters. The molecule has 2 aromatic heterocycles. The van der Waals surface area contributed by atoms with Crippen LogP contribution in [0, 0.1) is 6.92 Å². The number of nitrogens with one attached hydrogen (secondary N) is 1. The van der Waals surface area contributed by atoms with Gasteiger partial charge in [0.1, 0.15) is 5.82 Å². The van der Waals surface area contributed by atoms with Gasteiger partial charge in [-0.15, -0.1) is 11.3 Å². The Morgan fingerprint density at radius 1 is 1.47 bits per heavy atom. The Balaban J connectivity index is 2.05. The van der Waals surface area contributed by atoms with Crippen molar-refractivity contribution in [3.63, 3.8) is 0 Å². The zero-order chi connectivity index (χ0) is 10.7. The number of halogens is 1. The van der Waals surface area contributed by atoms with Crippen LogP contribution in [-0.2, 0) is 6.54 Å². The maximum absolute atomic E-state index is 5.74. The molecule has 2 aromatic rings. The summed E-state index contributed by atoms with van der Waals surface area (Å²) in [6.45, 7) is 2.59. The van der Waals surface area contributed by atoms with Gasteiger partial charge in [0.2, 0.25) is 5.28 Å². The molecule has 0 saturated heterocycles. The van der Waals surface area contributed by atoms with E-state index in [-0.39, 0.29) is 5.28 Å². The first-order valence-corrected chi connectivity index (χ1v) is 5.62. The highest BCUT2D eigenvalue weighted by Gasteiger charge is 2.00. The van der Waals surface area contributed by atoms with Crippen molar-refractivity contribution >= 4 is 28.8 Å². The minimum atomic E-state index is 0.266. The Hall–Kier alpha value is -1.20. The Morgan fingerprint density at radius 2 is 2.33 bits per heavy atom. The number of hydrogen-bond acceptors (Lipinski definition) is 5. The second kappa shape index (κ2) is 4.55. The summed E-state index contributed by atoms with van der Waals surface area (Å²) in [5, 5.41) is 3.43. The maximum Gasteiger partial charge on any atom is 0.224 e. The number of anilines is 1. The first-order chi connectivity index (χ1) is 7.24. The fourth-order valence-electron chi connectivity index (χ4n) is 1.13. The molecule has 0 fully saturated rings. The van der Waals surface area contributed by atoms with Gasteiger partial charge < -0.3 is 5.32 Å². The van der Waals surface area contributed by atoms with E-state index in [4.69, 9.17) is 11.6 Å². The van der Waals surface area contributed by atoms with Gasteiger partial charge in [0.25, 0.3) is 0 Å². The molecule has 0 spiro atoms. The minimum absolute atomic E-state index is 0.266. The predicted octanol–water partition coefficient (Wildman–Crippen LogP) is 2.51. The summed E-state index contributed by atoms with van der Waals surface area (Å²) in [5.41, 5.74) is 2.65. The molecule has 0 unspecified atom stereocenters. The summed E-state index contributed by atoms with van der Waals surface area (Å²) in [5.74, 6) is 0.737. The molecule has 0 aromatic carbocycles. The Kier molecular flexibility index (Phi) is 3.13. The van der Waals surface area contributed by atoms with Crippen LogP contribution >= 0.6 is 22.9 Å². The standard InChI is InChI=1S/C9H9ClN4S/c1-6-2-8(14-9(10)13-6)12-4-7-3-11-5-15-7/h2-3,5H,4H2,1H3,(H,12,13,14). The molecule has 0 aliphatic carbocycles. The molecule has 78 valence electrons. The average Bonchev–Trinajstić information content (AvgIpc) is 2.65. The topological polar surface area (TPSA) is 50.7 Å². The highest BCUT2D eigenvalue weighted by molar-refractivity contribution is 7.09. The van der Waals surface area contributed by atoms with Crippen LogP contribution < -0.4 is 5.32 Å². The minimum Gasteiger partial charge on any atom is -0.365 e. The van der Waals surface area contributed by atoms with Gasteiger partial charge in [-0.1, -0.05) is 0 Å². The van der Waals surface area contributed by atoms with Gasteiger partial charge in [-0.25, -0.2) is 9.97 Å². The van der Waals surface area contributed by atoms with E-state index in [9.17, 15) is 0 Å². The smallest absolute Gasteiger partial charge is 0.224 e. The van der Waals surface area contributed by atoms with E-state index in [2.05, 4.69) is 20.3 Å². The molecule has 0 aliphatic heterocycles. The lowest BCUT2D eigenvalue weighted by Crippen LogP contribution is -2.01. The van der Waals surface area contributed by atoms with Crippen molar-refractivity contribution in [3.05, 3.63) is 33.6 Å². The summed E-state index contributed by atoms with van der Waals surface area (Å²) >= 11 is 7.34. The van der Waals surface area contributed by atoms with E-state index in [0.717, 1.165) is 16.4 Å². The van der Waals surface area contributed by atoms with Gasteiger partial charge in [-0.2, -0.15) is 0 Å². The molecule has 0 bridgehead atoms. The highest BCUT2D eigenvalue weighted by atomic mass is 35.5. The molecule has 4 nitrogen and oxygen atoms in total. The van der Waals surface area contributed by atoms with E-state index < -0.39 is 0 Å². The molecule has 15 heavy (non-hydrogen) atoms. The predicted molar refractivity (Wildman–Crippen MR) is 61.2 cm³/mol. The molecule has 0 amide bonds. The third-order valence-electron chi connectivity index (χ3n) is 1.75. The van der Waals surface area contributed by atoms with Crippen molar-refractivity contribution in [2.45, 2.75) is 13.5 Å². The molecule has 2 rings (SSSR count). The quantitative estimate of drug-likeness (QED) is 0.838. The normalized spacial score (nSPS) is 10.3. The van der Waals surface area contributed by atoms with E-state index >= 15 is 0 Å². The Morgan fingerprint density at radius 3 is 3.00 bits per heavy atom. The maximum atomic E-state index is 5.74. The van der Waals surface area contributed by atoms with E-state index in [1.807, 2.05) is 19.2 Å². The molecule has 0 radical (unpaired) electrons. The van der Waals surface area contributed by atoms with Crippen molar-refractivity contribution in [1.82, 2.24) is 15.0 Å². The molecular weight excluding hydrogens is 232 g/mol. The largest absolute Gasteiger partial charge is 0.365 e. The van der Waals surface area contributed by atoms with Crippen LogP contribution in [0.1, 0.15) is 10.6 Å². The van der Waals surface area contributed by atoms with Gasteiger partial charge in [0, 0.05) is 22.8 Å². The van der Waals surface area contributed by atoms with E-state index in [0.29, 0.717) is 6.54 Å². The van der Waals surface area contributed by atoms with Crippen molar-refractivity contribution in [2.24, 2.45) is 0 Å². The van der Waals surface area contributed by atoms with Crippen LogP contribution in [0.4, 0.5) is 5.82 Å². The first-order valence-electron chi connectivity index (χ1n) is 4.36. The lowest BCUT2D eigenvalue weighted by molar-refractivity contribution is 1.06. The number of aromatic nitrogens is 3. The van der Waals surface area contributed by atoms with Gasteiger partial charge in [0.05, 0.1) is 12.1 Å². The first kappa shape index (κ1) is 10.3. The Labute approximate surface area is 96.4 Å². The van der Waals surface area contributed by atoms with E-state index in [1.54, 1.807) is 16.8 Å². The second-order valence-electron chi connectivity index (χ2n) is 2.98. The summed E-state index contributed by atoms with van der Waals surface area (Å²) in [4.78, 5) is 13.2. The van der Waals surface area contributed by atoms with E-state index in [1.165, 1.54) is 0 Å². The summed E-state index contributed by atoms with van der Waals surface area (Å²) < 4.78 is 0. The SMILES string of the molecule is Cc1cc(NCc2cncs2)nc(Cl)n1. The number of nitrogens with zero attached hydrogens (tertiary/aromatic N) is 3. The average molecular weight is 241 g/mol. The van der Waals surface area contributed by atoms with Crippen molar-refractivity contribution in [1.29, 1.82) is 0 Å². The lowest BCUT2D eigenvalue weighted by atomic mass is 10.4. The van der Waals surface area contributed by atoms with Gasteiger partial charge in [0.15, 0.2) is 0 Å². The monoisotopic (exact) mass is 240 g/mol. The number of aryl methyl sites for hydroxylation is 1. The van der Waals surface area contributed by atoms with Crippen molar-refractivity contribution in [3.8, 4) is 0 Å². The molecule has 0 aliphatic rings. The fraction of sp³-hybridized carbons (Fsp3) is 0.222. The fourth-order valence-corrected chi connectivity index (χ4v) is 1.89. The zero-order valence-electron chi connectivity index (χ0n) is 8.07. The second-order valence-corrected chi connectivity index (χ2v) is 4.29. The molecule has 2 heterocycles. The zero-order valence-corrected chi connectivity index (χ0v) is 9.64. The summed E-state index contributed by atoms with van der Waals surface area (Å²) in [7, 11) is 0. The van der Waals surface area contributed by atoms with Crippen LogP contribution in [0.3, 0.4) is 0 Å². The molecule has 6 heteroatoms. The van der Waals surface area contributed by atoms with Gasteiger partial charge in [-0.3, -0.25) is 4.98 Å². The molecule has 0 saturated carbocycles. The van der Waals surface area contributed by atoms with Crippen molar-refractivity contribution in [2.75, 3.05) is 5.32 Å². The van der Waals surface area contributed by atoms with Crippen LogP contribution in [-0.4, -0.2) is 15.0 Å². The third-order valence-corrected chi connectivity index (χ3v) is 2.70. The molecular formula is C9H9ClN4S. The van der Waals surface area contributed by atoms with Crippen molar-refractivity contribution < 1.29 is 0 Å². The summed E-state index contributed by atoms with van der Waals surface area (Å²) in [6.07, 6.45) is 1.83. The number of hydrogen-bond donors (Lipinski definition) is 1. The summed E-state index contributed by atoms with van der Waals surface area (Å²) in [6, 6.07) is 1.85. The van der Waals surface area contributed by atoms with Gasteiger partial charge >= 0.3 is 0 Å². The number of rotatable bonds is 3. The van der Waals surface area contributed by atoms with Crippen LogP contribution in [0.25, 0.3) is 0 Å². The molecule has 1 N–H and O–H groups in total. The Bertz CT molecular complexity index is 423. The van der Waals surface area contributed by atoms with Crippen LogP contribution in [0.2, 0.25) is 5.28 Å². The van der Waals surface area contributed by atoms with Crippen LogP contribution in [0.15, 0.2) is 17.8 Å². The highest BCUT2D eigenvalue weighted by Crippen LogP contribution is 2.12. The third kappa shape index (κ3) is 2.87. The van der Waals surface area contributed by atoms with Gasteiger partial charge in [-0.05, 0) is 18.5 Å².